The fraction of sp³-hybridized carbons (Fsp3) is 0.417. The summed E-state index contributed by atoms with van der Waals surface area (Å²) in [5.41, 5.74) is 1.96. The maximum Gasteiger partial charge on any atom is 0.251 e. The van der Waals surface area contributed by atoms with Crippen LogP contribution in [0.5, 0.6) is 0 Å². The summed E-state index contributed by atoms with van der Waals surface area (Å²) in [6, 6.07) is 6.10. The van der Waals surface area contributed by atoms with Gasteiger partial charge in [0.25, 0.3) is 5.91 Å². The quantitative estimate of drug-likeness (QED) is 0.787. The molecule has 0 bridgehead atoms. The highest BCUT2D eigenvalue weighted by molar-refractivity contribution is 14.1. The van der Waals surface area contributed by atoms with Crippen molar-refractivity contribution in [3.8, 4) is 0 Å². The summed E-state index contributed by atoms with van der Waals surface area (Å²) < 4.78 is 1.13. The Kier molecular flexibility index (Phi) is 5.69. The number of amides is 1. The molecule has 0 radical (unpaired) electrons. The van der Waals surface area contributed by atoms with Crippen molar-refractivity contribution < 1.29 is 4.79 Å². The second kappa shape index (κ2) is 6.56. The van der Waals surface area contributed by atoms with Crippen LogP contribution in [0, 0.1) is 10.5 Å². The van der Waals surface area contributed by atoms with Gasteiger partial charge in [-0.3, -0.25) is 4.79 Å². The summed E-state index contributed by atoms with van der Waals surface area (Å²) >= 11 is 2.26. The predicted octanol–water partition coefficient (Wildman–Crippen LogP) is 2.11. The van der Waals surface area contributed by atoms with E-state index in [0.717, 1.165) is 28.6 Å². The van der Waals surface area contributed by atoms with Crippen molar-refractivity contribution in [1.82, 2.24) is 10.6 Å². The third-order valence-electron chi connectivity index (χ3n) is 2.83. The van der Waals surface area contributed by atoms with Gasteiger partial charge in [0.15, 0.2) is 0 Å². The molecule has 1 aromatic carbocycles. The van der Waals surface area contributed by atoms with Crippen LogP contribution in [0.15, 0.2) is 18.2 Å². The summed E-state index contributed by atoms with van der Waals surface area (Å²) in [6.07, 6.45) is 1.02. The van der Waals surface area contributed by atoms with Gasteiger partial charge in [0.1, 0.15) is 0 Å². The predicted molar refractivity (Wildman–Crippen MR) is 79.9 cm³/mol. The first-order chi connectivity index (χ1) is 7.66. The van der Waals surface area contributed by atoms with Crippen molar-refractivity contribution in [2.75, 3.05) is 13.1 Å². The average Bonchev–Trinajstić information content (AvgIpc) is 2.74. The zero-order valence-electron chi connectivity index (χ0n) is 9.63. The van der Waals surface area contributed by atoms with Crippen molar-refractivity contribution in [2.24, 2.45) is 0 Å². The van der Waals surface area contributed by atoms with Gasteiger partial charge in [0.2, 0.25) is 0 Å². The fourth-order valence-electron chi connectivity index (χ4n) is 1.78. The molecule has 3 nitrogen and oxygen atoms in total. The molecule has 17 heavy (non-hydrogen) atoms. The van der Waals surface area contributed by atoms with E-state index in [1.165, 1.54) is 5.56 Å². The van der Waals surface area contributed by atoms with E-state index in [9.17, 15) is 4.79 Å². The number of nitrogens with one attached hydrogen (secondary N) is 2. The maximum atomic E-state index is 11.9. The Bertz CT molecular complexity index is 405. The Morgan fingerprint density at radius 1 is 1.53 bits per heavy atom. The van der Waals surface area contributed by atoms with E-state index in [0.29, 0.717) is 0 Å². The van der Waals surface area contributed by atoms with Crippen LogP contribution in [0.2, 0.25) is 0 Å². The molecule has 1 aromatic rings. The minimum Gasteiger partial charge on any atom is -0.348 e. The van der Waals surface area contributed by atoms with Gasteiger partial charge >= 0.3 is 0 Å². The second-order valence-electron chi connectivity index (χ2n) is 4.13. The lowest BCUT2D eigenvalue weighted by Crippen LogP contribution is -2.36. The van der Waals surface area contributed by atoms with Gasteiger partial charge < -0.3 is 10.6 Å². The van der Waals surface area contributed by atoms with E-state index >= 15 is 0 Å². The number of carbonyl (C=O) groups excluding carboxylic acids is 1. The SMILES string of the molecule is Cc1ccc(C(=O)NC2CCNC2)cc1I.Cl. The lowest BCUT2D eigenvalue weighted by atomic mass is 10.1. The molecule has 5 heteroatoms. The Hall–Kier alpha value is -0.330. The summed E-state index contributed by atoms with van der Waals surface area (Å²) in [6.45, 7) is 3.93. The maximum absolute atomic E-state index is 11.9. The van der Waals surface area contributed by atoms with Gasteiger partial charge in [-0.05, 0) is 60.2 Å². The van der Waals surface area contributed by atoms with Crippen LogP contribution >= 0.6 is 35.0 Å². The number of halogens is 2. The molecule has 2 rings (SSSR count). The summed E-state index contributed by atoms with van der Waals surface area (Å²) in [5, 5.41) is 6.27. The Morgan fingerprint density at radius 2 is 2.29 bits per heavy atom. The van der Waals surface area contributed by atoms with Gasteiger partial charge in [-0.25, -0.2) is 0 Å². The first-order valence-electron chi connectivity index (χ1n) is 5.44. The van der Waals surface area contributed by atoms with Gasteiger partial charge in [0, 0.05) is 21.7 Å². The molecule has 1 atom stereocenters. The minimum atomic E-state index is 0. The standard InChI is InChI=1S/C12H15IN2O.ClH/c1-8-2-3-9(6-11(8)13)12(16)15-10-4-5-14-7-10;/h2-3,6,10,14H,4-5,7H2,1H3,(H,15,16);1H. The highest BCUT2D eigenvalue weighted by Gasteiger charge is 2.17. The molecule has 2 N–H and O–H groups in total. The smallest absolute Gasteiger partial charge is 0.251 e. The molecule has 1 fully saturated rings. The van der Waals surface area contributed by atoms with Gasteiger partial charge in [0.05, 0.1) is 0 Å². The molecule has 1 amide bonds. The topological polar surface area (TPSA) is 41.1 Å². The lowest BCUT2D eigenvalue weighted by Gasteiger charge is -2.11. The van der Waals surface area contributed by atoms with Gasteiger partial charge in [-0.15, -0.1) is 12.4 Å². The third kappa shape index (κ3) is 3.82. The molecule has 0 aliphatic carbocycles. The molecule has 1 saturated heterocycles. The molecular weight excluding hydrogens is 351 g/mol. The Balaban J connectivity index is 0.00000144. The molecule has 0 aromatic heterocycles. The van der Waals surface area contributed by atoms with Crippen LogP contribution in [-0.4, -0.2) is 25.0 Å². The largest absolute Gasteiger partial charge is 0.348 e. The third-order valence-corrected chi connectivity index (χ3v) is 3.99. The summed E-state index contributed by atoms with van der Waals surface area (Å²) in [5.74, 6) is 0.0339. The monoisotopic (exact) mass is 366 g/mol. The van der Waals surface area contributed by atoms with E-state index in [4.69, 9.17) is 0 Å². The molecule has 0 saturated carbocycles. The zero-order valence-corrected chi connectivity index (χ0v) is 12.6. The van der Waals surface area contributed by atoms with Crippen molar-refractivity contribution >= 4 is 40.9 Å². The summed E-state index contributed by atoms with van der Waals surface area (Å²) in [7, 11) is 0. The van der Waals surface area contributed by atoms with Crippen LogP contribution in [0.3, 0.4) is 0 Å². The Morgan fingerprint density at radius 3 is 2.88 bits per heavy atom. The number of aryl methyl sites for hydroxylation is 1. The van der Waals surface area contributed by atoms with Gasteiger partial charge in [-0.2, -0.15) is 0 Å². The van der Waals surface area contributed by atoms with Crippen molar-refractivity contribution in [3.05, 3.63) is 32.9 Å². The van der Waals surface area contributed by atoms with Crippen LogP contribution in [0.4, 0.5) is 0 Å². The van der Waals surface area contributed by atoms with Crippen molar-refractivity contribution in [2.45, 2.75) is 19.4 Å². The van der Waals surface area contributed by atoms with Crippen LogP contribution in [0.1, 0.15) is 22.3 Å². The molecule has 1 unspecified atom stereocenters. The van der Waals surface area contributed by atoms with E-state index < -0.39 is 0 Å². The Labute approximate surface area is 121 Å². The van der Waals surface area contributed by atoms with Gasteiger partial charge in [-0.1, -0.05) is 6.07 Å². The second-order valence-corrected chi connectivity index (χ2v) is 5.29. The number of hydrogen-bond donors (Lipinski definition) is 2. The van der Waals surface area contributed by atoms with E-state index in [1.807, 2.05) is 25.1 Å². The number of rotatable bonds is 2. The fourth-order valence-corrected chi connectivity index (χ4v) is 2.30. The van der Waals surface area contributed by atoms with Crippen molar-refractivity contribution in [1.29, 1.82) is 0 Å². The highest BCUT2D eigenvalue weighted by Crippen LogP contribution is 2.13. The average molecular weight is 367 g/mol. The molecule has 1 heterocycles. The molecule has 94 valence electrons. The first-order valence-corrected chi connectivity index (χ1v) is 6.52. The van der Waals surface area contributed by atoms with Crippen LogP contribution in [-0.2, 0) is 0 Å². The zero-order chi connectivity index (χ0) is 11.5. The van der Waals surface area contributed by atoms with E-state index in [1.54, 1.807) is 0 Å². The molecule has 1 aliphatic rings. The highest BCUT2D eigenvalue weighted by atomic mass is 127. The lowest BCUT2D eigenvalue weighted by molar-refractivity contribution is 0.0940. The molecule has 0 spiro atoms. The number of hydrogen-bond acceptors (Lipinski definition) is 2. The first kappa shape index (κ1) is 14.7. The molecule has 1 aliphatic heterocycles. The normalized spacial score (nSPS) is 18.6. The minimum absolute atomic E-state index is 0. The van der Waals surface area contributed by atoms with E-state index in [2.05, 4.69) is 33.2 Å². The number of carbonyl (C=O) groups is 1. The molecular formula is C12H16ClIN2O. The van der Waals surface area contributed by atoms with Crippen LogP contribution < -0.4 is 10.6 Å². The van der Waals surface area contributed by atoms with E-state index in [-0.39, 0.29) is 24.4 Å². The number of benzene rings is 1. The summed E-state index contributed by atoms with van der Waals surface area (Å²) in [4.78, 5) is 11.9. The van der Waals surface area contributed by atoms with Crippen LogP contribution in [0.25, 0.3) is 0 Å². The van der Waals surface area contributed by atoms with Crippen molar-refractivity contribution in [3.63, 3.8) is 0 Å².